The van der Waals surface area contributed by atoms with Gasteiger partial charge in [0.1, 0.15) is 0 Å². The fourth-order valence-corrected chi connectivity index (χ4v) is 3.40. The predicted molar refractivity (Wildman–Crippen MR) is 72.3 cm³/mol. The average molecular weight is 305 g/mol. The van der Waals surface area contributed by atoms with Gasteiger partial charge in [0.25, 0.3) is 0 Å². The van der Waals surface area contributed by atoms with Crippen LogP contribution in [0.25, 0.3) is 0 Å². The topological polar surface area (TPSA) is 75.4 Å². The van der Waals surface area contributed by atoms with Gasteiger partial charge in [-0.2, -0.15) is 12.7 Å². The molecule has 0 bridgehead atoms. The molecule has 8 heteroatoms. The molecule has 0 unspecified atom stereocenters. The van der Waals surface area contributed by atoms with Crippen molar-refractivity contribution in [1.82, 2.24) is 4.31 Å². The van der Waals surface area contributed by atoms with Gasteiger partial charge in [-0.3, -0.25) is 4.72 Å². The first-order chi connectivity index (χ1) is 9.42. The van der Waals surface area contributed by atoms with Gasteiger partial charge in [0, 0.05) is 19.2 Å². The summed E-state index contributed by atoms with van der Waals surface area (Å²) in [4.78, 5) is 0. The van der Waals surface area contributed by atoms with E-state index in [1.54, 1.807) is 0 Å². The minimum Gasteiger partial charge on any atom is -0.330 e. The molecule has 0 aliphatic carbocycles. The van der Waals surface area contributed by atoms with Crippen LogP contribution in [0.1, 0.15) is 12.8 Å². The van der Waals surface area contributed by atoms with Crippen LogP contribution in [0.2, 0.25) is 0 Å². The normalized spacial score (nSPS) is 18.1. The van der Waals surface area contributed by atoms with Crippen molar-refractivity contribution in [3.8, 4) is 0 Å². The zero-order valence-electron chi connectivity index (χ0n) is 10.9. The molecule has 20 heavy (non-hydrogen) atoms. The van der Waals surface area contributed by atoms with Crippen molar-refractivity contribution in [1.29, 1.82) is 0 Å². The molecule has 1 aromatic rings. The number of hydrogen-bond acceptors (Lipinski definition) is 3. The molecule has 1 heterocycles. The third-order valence-electron chi connectivity index (χ3n) is 3.41. The molecule has 1 aromatic carbocycles. The van der Waals surface area contributed by atoms with E-state index in [1.807, 2.05) is 0 Å². The van der Waals surface area contributed by atoms with Gasteiger partial charge < -0.3 is 5.73 Å². The van der Waals surface area contributed by atoms with E-state index in [4.69, 9.17) is 5.73 Å². The van der Waals surface area contributed by atoms with Crippen LogP contribution in [0.5, 0.6) is 0 Å². The number of piperidine rings is 1. The molecule has 1 aliphatic heterocycles. The highest BCUT2D eigenvalue weighted by Gasteiger charge is 2.27. The molecule has 0 aromatic heterocycles. The van der Waals surface area contributed by atoms with Crippen LogP contribution >= 0.6 is 0 Å². The second kappa shape index (κ2) is 6.02. The first-order valence-corrected chi connectivity index (χ1v) is 7.79. The fraction of sp³-hybridized carbons (Fsp3) is 0.500. The quantitative estimate of drug-likeness (QED) is 0.880. The van der Waals surface area contributed by atoms with Gasteiger partial charge in [-0.1, -0.05) is 0 Å². The molecular formula is C12H17F2N3O2S. The highest BCUT2D eigenvalue weighted by Crippen LogP contribution is 2.21. The summed E-state index contributed by atoms with van der Waals surface area (Å²) in [7, 11) is -3.74. The van der Waals surface area contributed by atoms with E-state index in [0.717, 1.165) is 12.1 Å². The Kier molecular flexibility index (Phi) is 4.56. The molecule has 112 valence electrons. The first kappa shape index (κ1) is 15.1. The molecule has 1 saturated heterocycles. The summed E-state index contributed by atoms with van der Waals surface area (Å²) in [5, 5.41) is 0. The molecule has 0 atom stereocenters. The van der Waals surface area contributed by atoms with Crippen molar-refractivity contribution in [2.24, 2.45) is 11.7 Å². The summed E-state index contributed by atoms with van der Waals surface area (Å²) in [5.41, 5.74) is 5.56. The summed E-state index contributed by atoms with van der Waals surface area (Å²) in [6, 6.07) is 2.88. The Morgan fingerprint density at radius 2 is 1.90 bits per heavy atom. The number of nitrogens with one attached hydrogen (secondary N) is 1. The van der Waals surface area contributed by atoms with E-state index < -0.39 is 21.8 Å². The summed E-state index contributed by atoms with van der Waals surface area (Å²) in [6.45, 7) is 1.30. The van der Waals surface area contributed by atoms with E-state index in [9.17, 15) is 17.2 Å². The summed E-state index contributed by atoms with van der Waals surface area (Å²) in [6.07, 6.45) is 1.41. The molecule has 0 radical (unpaired) electrons. The van der Waals surface area contributed by atoms with E-state index in [1.165, 1.54) is 10.4 Å². The van der Waals surface area contributed by atoms with E-state index >= 15 is 0 Å². The van der Waals surface area contributed by atoms with E-state index in [0.29, 0.717) is 38.4 Å². The van der Waals surface area contributed by atoms with Crippen LogP contribution in [0.15, 0.2) is 18.2 Å². The molecule has 1 fully saturated rings. The molecule has 1 aliphatic rings. The smallest absolute Gasteiger partial charge is 0.301 e. The van der Waals surface area contributed by atoms with Crippen LogP contribution in [0.3, 0.4) is 0 Å². The minimum absolute atomic E-state index is 0.00449. The van der Waals surface area contributed by atoms with E-state index in [-0.39, 0.29) is 5.69 Å². The Labute approximate surface area is 116 Å². The molecular weight excluding hydrogens is 288 g/mol. The van der Waals surface area contributed by atoms with Crippen molar-refractivity contribution in [2.75, 3.05) is 24.4 Å². The van der Waals surface area contributed by atoms with Crippen molar-refractivity contribution in [2.45, 2.75) is 12.8 Å². The van der Waals surface area contributed by atoms with Gasteiger partial charge in [0.2, 0.25) is 0 Å². The van der Waals surface area contributed by atoms with Gasteiger partial charge >= 0.3 is 10.2 Å². The maximum absolute atomic E-state index is 13.1. The third kappa shape index (κ3) is 3.44. The number of rotatable bonds is 4. The number of benzene rings is 1. The van der Waals surface area contributed by atoms with Crippen LogP contribution in [0.4, 0.5) is 14.5 Å². The highest BCUT2D eigenvalue weighted by molar-refractivity contribution is 7.90. The highest BCUT2D eigenvalue weighted by atomic mass is 32.2. The molecule has 2 rings (SSSR count). The Hall–Kier alpha value is -1.25. The van der Waals surface area contributed by atoms with Crippen LogP contribution < -0.4 is 10.5 Å². The largest absolute Gasteiger partial charge is 0.330 e. The number of nitrogens with zero attached hydrogens (tertiary/aromatic N) is 1. The lowest BCUT2D eigenvalue weighted by Crippen LogP contribution is -2.42. The zero-order valence-corrected chi connectivity index (χ0v) is 11.7. The Bertz CT molecular complexity index is 572. The van der Waals surface area contributed by atoms with Gasteiger partial charge in [0.05, 0.1) is 5.69 Å². The molecule has 5 nitrogen and oxygen atoms in total. The Morgan fingerprint density at radius 3 is 2.45 bits per heavy atom. The summed E-state index contributed by atoms with van der Waals surface area (Å²) in [5.74, 6) is -1.77. The molecule has 0 saturated carbocycles. The fourth-order valence-electron chi connectivity index (χ4n) is 2.16. The van der Waals surface area contributed by atoms with Gasteiger partial charge in [0.15, 0.2) is 11.6 Å². The van der Waals surface area contributed by atoms with Crippen molar-refractivity contribution in [3.05, 3.63) is 29.8 Å². The van der Waals surface area contributed by atoms with Gasteiger partial charge in [-0.05, 0) is 37.4 Å². The van der Waals surface area contributed by atoms with Gasteiger partial charge in [-0.15, -0.1) is 0 Å². The minimum atomic E-state index is -3.74. The standard InChI is InChI=1S/C12H17F2N3O2S/c13-11-2-1-10(7-12(11)14)16-20(18,19)17-5-3-9(8-15)4-6-17/h1-2,7,9,16H,3-6,8,15H2. The third-order valence-corrected chi connectivity index (χ3v) is 4.95. The van der Waals surface area contributed by atoms with Crippen LogP contribution in [-0.2, 0) is 10.2 Å². The molecule has 0 spiro atoms. The van der Waals surface area contributed by atoms with Crippen LogP contribution in [-0.4, -0.2) is 32.4 Å². The summed E-state index contributed by atoms with van der Waals surface area (Å²) >= 11 is 0. The predicted octanol–water partition coefficient (Wildman–Crippen LogP) is 1.29. The van der Waals surface area contributed by atoms with Crippen molar-refractivity contribution in [3.63, 3.8) is 0 Å². The van der Waals surface area contributed by atoms with Crippen molar-refractivity contribution < 1.29 is 17.2 Å². The number of anilines is 1. The average Bonchev–Trinajstić information content (AvgIpc) is 2.43. The maximum Gasteiger partial charge on any atom is 0.301 e. The van der Waals surface area contributed by atoms with Crippen LogP contribution in [0, 0.1) is 17.6 Å². The number of halogens is 2. The monoisotopic (exact) mass is 305 g/mol. The SMILES string of the molecule is NCC1CCN(S(=O)(=O)Nc2ccc(F)c(F)c2)CC1. The second-order valence-electron chi connectivity index (χ2n) is 4.81. The molecule has 3 N–H and O–H groups in total. The molecule has 0 amide bonds. The number of nitrogens with two attached hydrogens (primary N) is 1. The lowest BCUT2D eigenvalue weighted by molar-refractivity contribution is 0.280. The number of hydrogen-bond donors (Lipinski definition) is 2. The zero-order chi connectivity index (χ0) is 14.8. The van der Waals surface area contributed by atoms with Crippen molar-refractivity contribution >= 4 is 15.9 Å². The first-order valence-electron chi connectivity index (χ1n) is 6.35. The van der Waals surface area contributed by atoms with E-state index in [2.05, 4.69) is 4.72 Å². The maximum atomic E-state index is 13.1. The summed E-state index contributed by atoms with van der Waals surface area (Å²) < 4.78 is 53.6. The second-order valence-corrected chi connectivity index (χ2v) is 6.48. The van der Waals surface area contributed by atoms with Gasteiger partial charge in [-0.25, -0.2) is 8.78 Å². The lowest BCUT2D eigenvalue weighted by Gasteiger charge is -2.30. The lowest BCUT2D eigenvalue weighted by atomic mass is 9.99. The Balaban J connectivity index is 2.05. The Morgan fingerprint density at radius 1 is 1.25 bits per heavy atom.